The molecule has 0 aliphatic rings. The number of carbonyl (C=O) groups is 1. The lowest BCUT2D eigenvalue weighted by molar-refractivity contribution is 0.0951. The van der Waals surface area contributed by atoms with Crippen LogP contribution in [-0.2, 0) is 0 Å². The van der Waals surface area contributed by atoms with Crippen LogP contribution in [0.25, 0.3) is 0 Å². The molecule has 3 nitrogen and oxygen atoms in total. The monoisotopic (exact) mass is 379 g/mol. The first-order valence-electron chi connectivity index (χ1n) is 10.6. The molecular weight excluding hydrogens is 341 g/mol. The third-order valence-electron chi connectivity index (χ3n) is 4.85. The van der Waals surface area contributed by atoms with E-state index in [2.05, 4.69) is 33.0 Å². The SMILES string of the molecule is CCCC(CCCOc1ccc(C(=O)NCC)c(F)c1)CC(C)CC(C)C. The second-order valence-corrected chi connectivity index (χ2v) is 8.12. The van der Waals surface area contributed by atoms with Gasteiger partial charge in [-0.3, -0.25) is 4.79 Å². The number of ether oxygens (including phenoxy) is 1. The summed E-state index contributed by atoms with van der Waals surface area (Å²) in [6.07, 6.45) is 7.16. The summed E-state index contributed by atoms with van der Waals surface area (Å²) in [6.45, 7) is 12.0. The van der Waals surface area contributed by atoms with Gasteiger partial charge in [0.25, 0.3) is 5.91 Å². The first-order valence-corrected chi connectivity index (χ1v) is 10.6. The van der Waals surface area contributed by atoms with Gasteiger partial charge in [0.1, 0.15) is 11.6 Å². The summed E-state index contributed by atoms with van der Waals surface area (Å²) < 4.78 is 19.8. The van der Waals surface area contributed by atoms with Gasteiger partial charge in [-0.15, -0.1) is 0 Å². The number of hydrogen-bond donors (Lipinski definition) is 1. The van der Waals surface area contributed by atoms with E-state index < -0.39 is 5.82 Å². The zero-order chi connectivity index (χ0) is 20.2. The van der Waals surface area contributed by atoms with Crippen LogP contribution in [0.2, 0.25) is 0 Å². The Kier molecular flexibility index (Phi) is 11.1. The molecule has 0 bridgehead atoms. The molecule has 1 aromatic carbocycles. The van der Waals surface area contributed by atoms with Gasteiger partial charge in [0.05, 0.1) is 12.2 Å². The second-order valence-electron chi connectivity index (χ2n) is 8.12. The Balaban J connectivity index is 2.44. The van der Waals surface area contributed by atoms with Crippen LogP contribution in [0.4, 0.5) is 4.39 Å². The third kappa shape index (κ3) is 9.25. The van der Waals surface area contributed by atoms with Crippen molar-refractivity contribution in [2.45, 2.75) is 73.1 Å². The average molecular weight is 380 g/mol. The Hall–Kier alpha value is -1.58. The minimum absolute atomic E-state index is 0.0614. The van der Waals surface area contributed by atoms with Crippen molar-refractivity contribution >= 4 is 5.91 Å². The number of hydrogen-bond acceptors (Lipinski definition) is 2. The van der Waals surface area contributed by atoms with Crippen molar-refractivity contribution in [1.29, 1.82) is 0 Å². The molecule has 0 heterocycles. The second kappa shape index (κ2) is 12.7. The molecule has 2 unspecified atom stereocenters. The van der Waals surface area contributed by atoms with Crippen molar-refractivity contribution < 1.29 is 13.9 Å². The lowest BCUT2D eigenvalue weighted by Gasteiger charge is -2.22. The van der Waals surface area contributed by atoms with Crippen molar-refractivity contribution in [3.05, 3.63) is 29.6 Å². The maximum atomic E-state index is 14.1. The number of halogens is 1. The van der Waals surface area contributed by atoms with E-state index in [9.17, 15) is 9.18 Å². The highest BCUT2D eigenvalue weighted by atomic mass is 19.1. The smallest absolute Gasteiger partial charge is 0.254 e. The van der Waals surface area contributed by atoms with Crippen molar-refractivity contribution in [3.63, 3.8) is 0 Å². The lowest BCUT2D eigenvalue weighted by atomic mass is 9.85. The van der Waals surface area contributed by atoms with Crippen LogP contribution in [0.3, 0.4) is 0 Å². The summed E-state index contributed by atoms with van der Waals surface area (Å²) in [7, 11) is 0. The number of rotatable bonds is 13. The molecule has 0 aliphatic heterocycles. The van der Waals surface area contributed by atoms with Gasteiger partial charge in [0, 0.05) is 12.6 Å². The first-order chi connectivity index (χ1) is 12.9. The summed E-state index contributed by atoms with van der Waals surface area (Å²) in [5.74, 6) is 1.82. The topological polar surface area (TPSA) is 38.3 Å². The van der Waals surface area contributed by atoms with Crippen molar-refractivity contribution in [1.82, 2.24) is 5.32 Å². The quantitative estimate of drug-likeness (QED) is 0.413. The molecule has 0 fully saturated rings. The summed E-state index contributed by atoms with van der Waals surface area (Å²) >= 11 is 0. The predicted molar refractivity (Wildman–Crippen MR) is 111 cm³/mol. The van der Waals surface area contributed by atoms with Gasteiger partial charge in [0.2, 0.25) is 0 Å². The van der Waals surface area contributed by atoms with Gasteiger partial charge in [-0.2, -0.15) is 0 Å². The zero-order valence-corrected chi connectivity index (χ0v) is 17.8. The molecule has 4 heteroatoms. The maximum Gasteiger partial charge on any atom is 0.254 e. The Morgan fingerprint density at radius 3 is 2.48 bits per heavy atom. The van der Waals surface area contributed by atoms with Crippen molar-refractivity contribution in [3.8, 4) is 5.75 Å². The fourth-order valence-corrected chi connectivity index (χ4v) is 3.85. The van der Waals surface area contributed by atoms with Gasteiger partial charge in [-0.1, -0.05) is 40.5 Å². The maximum absolute atomic E-state index is 14.1. The summed E-state index contributed by atoms with van der Waals surface area (Å²) in [5, 5.41) is 2.61. The zero-order valence-electron chi connectivity index (χ0n) is 17.8. The van der Waals surface area contributed by atoms with E-state index in [0.29, 0.717) is 18.9 Å². The van der Waals surface area contributed by atoms with Crippen molar-refractivity contribution in [2.24, 2.45) is 17.8 Å². The summed E-state index contributed by atoms with van der Waals surface area (Å²) in [4.78, 5) is 11.7. The van der Waals surface area contributed by atoms with Crippen LogP contribution in [0, 0.1) is 23.6 Å². The average Bonchev–Trinajstić information content (AvgIpc) is 2.58. The van der Waals surface area contributed by atoms with E-state index in [1.54, 1.807) is 6.07 Å². The molecule has 2 atom stereocenters. The summed E-state index contributed by atoms with van der Waals surface area (Å²) in [5.41, 5.74) is 0.0614. The number of benzene rings is 1. The Morgan fingerprint density at radius 1 is 1.15 bits per heavy atom. The van der Waals surface area contributed by atoms with Gasteiger partial charge in [-0.05, 0) is 62.5 Å². The van der Waals surface area contributed by atoms with Crippen LogP contribution in [0.1, 0.15) is 83.5 Å². The van der Waals surface area contributed by atoms with Gasteiger partial charge >= 0.3 is 0 Å². The molecule has 27 heavy (non-hydrogen) atoms. The van der Waals surface area contributed by atoms with E-state index >= 15 is 0 Å². The minimum atomic E-state index is -0.537. The van der Waals surface area contributed by atoms with Gasteiger partial charge < -0.3 is 10.1 Å². The van der Waals surface area contributed by atoms with Gasteiger partial charge in [-0.25, -0.2) is 4.39 Å². The fourth-order valence-electron chi connectivity index (χ4n) is 3.85. The highest BCUT2D eigenvalue weighted by Crippen LogP contribution is 2.26. The number of nitrogens with one attached hydrogen (secondary N) is 1. The van der Waals surface area contributed by atoms with E-state index in [1.165, 1.54) is 37.8 Å². The fraction of sp³-hybridized carbons (Fsp3) is 0.696. The molecule has 0 aliphatic carbocycles. The Morgan fingerprint density at radius 2 is 1.89 bits per heavy atom. The molecule has 1 amide bonds. The van der Waals surface area contributed by atoms with E-state index in [4.69, 9.17) is 4.74 Å². The highest BCUT2D eigenvalue weighted by Gasteiger charge is 2.14. The van der Waals surface area contributed by atoms with E-state index in [1.807, 2.05) is 6.92 Å². The Bertz CT molecular complexity index is 559. The predicted octanol–water partition coefficient (Wildman–Crippen LogP) is 6.22. The van der Waals surface area contributed by atoms with Crippen LogP contribution in [0.15, 0.2) is 18.2 Å². The molecule has 0 spiro atoms. The van der Waals surface area contributed by atoms with Crippen LogP contribution >= 0.6 is 0 Å². The van der Waals surface area contributed by atoms with E-state index in [0.717, 1.165) is 30.6 Å². The molecule has 1 rings (SSSR count). The third-order valence-corrected chi connectivity index (χ3v) is 4.85. The van der Waals surface area contributed by atoms with Gasteiger partial charge in [0.15, 0.2) is 0 Å². The highest BCUT2D eigenvalue weighted by molar-refractivity contribution is 5.94. The van der Waals surface area contributed by atoms with Crippen LogP contribution in [-0.4, -0.2) is 19.1 Å². The number of carbonyl (C=O) groups excluding carboxylic acids is 1. The van der Waals surface area contributed by atoms with Crippen LogP contribution < -0.4 is 10.1 Å². The summed E-state index contributed by atoms with van der Waals surface area (Å²) in [6, 6.07) is 4.46. The molecule has 0 saturated heterocycles. The Labute approximate surface area is 165 Å². The molecule has 1 aromatic rings. The number of amides is 1. The normalized spacial score (nSPS) is 13.4. The molecule has 0 saturated carbocycles. The molecule has 1 N–H and O–H groups in total. The molecular formula is C23H38FNO2. The van der Waals surface area contributed by atoms with Crippen LogP contribution in [0.5, 0.6) is 5.75 Å². The molecule has 0 radical (unpaired) electrons. The molecule has 154 valence electrons. The standard InChI is InChI=1S/C23H38FNO2/c1-6-9-19(15-18(5)14-17(3)4)10-8-13-27-20-11-12-21(22(24)16-20)23(26)25-7-2/h11-12,16-19H,6-10,13-15H2,1-5H3,(H,25,26). The largest absolute Gasteiger partial charge is 0.493 e. The molecule has 0 aromatic heterocycles. The van der Waals surface area contributed by atoms with E-state index in [-0.39, 0.29) is 11.5 Å². The first kappa shape index (κ1) is 23.5. The minimum Gasteiger partial charge on any atom is -0.493 e. The lowest BCUT2D eigenvalue weighted by Crippen LogP contribution is -2.23. The van der Waals surface area contributed by atoms with Crippen molar-refractivity contribution in [2.75, 3.05) is 13.2 Å².